The normalized spacial score (nSPS) is 18.5. The number of hydrogen-bond donors (Lipinski definition) is 1. The fraction of sp³-hybridized carbons (Fsp3) is 0.391. The van der Waals surface area contributed by atoms with Crippen LogP contribution in [0.3, 0.4) is 0 Å². The first-order valence-corrected chi connectivity index (χ1v) is 10.5. The van der Waals surface area contributed by atoms with Crippen molar-refractivity contribution in [3.05, 3.63) is 58.0 Å². The molecule has 4 rings (SSSR count). The molecular weight excluding hydrogens is 396 g/mol. The molecule has 3 amide bonds. The molecule has 8 heteroatoms. The van der Waals surface area contributed by atoms with Crippen molar-refractivity contribution in [2.75, 3.05) is 29.9 Å². The summed E-state index contributed by atoms with van der Waals surface area (Å²) >= 11 is 0. The minimum absolute atomic E-state index is 0.0544. The van der Waals surface area contributed by atoms with Crippen LogP contribution in [-0.2, 0) is 16.6 Å². The van der Waals surface area contributed by atoms with Crippen molar-refractivity contribution >= 4 is 29.1 Å². The highest BCUT2D eigenvalue weighted by molar-refractivity contribution is 6.04. The van der Waals surface area contributed by atoms with Crippen LogP contribution in [0.1, 0.15) is 35.2 Å². The third kappa shape index (κ3) is 4.23. The van der Waals surface area contributed by atoms with Gasteiger partial charge in [0.1, 0.15) is 5.69 Å². The van der Waals surface area contributed by atoms with E-state index in [0.717, 1.165) is 24.1 Å². The highest BCUT2D eigenvalue weighted by Crippen LogP contribution is 2.26. The maximum absolute atomic E-state index is 12.9. The quantitative estimate of drug-likeness (QED) is 0.815. The molecule has 0 spiro atoms. The van der Waals surface area contributed by atoms with Gasteiger partial charge in [-0.05, 0) is 38.0 Å². The number of rotatable bonds is 4. The second-order valence-corrected chi connectivity index (χ2v) is 8.29. The van der Waals surface area contributed by atoms with Gasteiger partial charge in [0.05, 0.1) is 11.5 Å². The number of amides is 3. The molecule has 2 saturated heterocycles. The number of anilines is 2. The van der Waals surface area contributed by atoms with E-state index in [0.29, 0.717) is 18.7 Å². The molecule has 1 atom stereocenters. The summed E-state index contributed by atoms with van der Waals surface area (Å²) in [6.07, 6.45) is 3.51. The van der Waals surface area contributed by atoms with E-state index in [1.165, 1.54) is 16.8 Å². The van der Waals surface area contributed by atoms with E-state index in [-0.39, 0.29) is 30.5 Å². The van der Waals surface area contributed by atoms with Gasteiger partial charge in [-0.3, -0.25) is 19.2 Å². The lowest BCUT2D eigenvalue weighted by molar-refractivity contribution is -0.122. The van der Waals surface area contributed by atoms with Gasteiger partial charge in [-0.1, -0.05) is 17.7 Å². The first kappa shape index (κ1) is 20.8. The van der Waals surface area contributed by atoms with Gasteiger partial charge in [0, 0.05) is 45.0 Å². The zero-order valence-electron chi connectivity index (χ0n) is 17.8. The SMILES string of the molecule is Cc1ccc(N2C[C@@H](C(=O)Nc3cc(C(=O)N4CCCC4)cn(C)c3=O)CC2=O)cc1. The maximum atomic E-state index is 12.9. The molecule has 0 saturated carbocycles. The van der Waals surface area contributed by atoms with Crippen LogP contribution >= 0.6 is 0 Å². The Morgan fingerprint density at radius 2 is 1.74 bits per heavy atom. The topological polar surface area (TPSA) is 91.7 Å². The fourth-order valence-corrected chi connectivity index (χ4v) is 4.11. The predicted octanol–water partition coefficient (Wildman–Crippen LogP) is 1.92. The second-order valence-electron chi connectivity index (χ2n) is 8.29. The van der Waals surface area contributed by atoms with E-state index in [1.54, 1.807) is 16.8 Å². The molecule has 2 aliphatic heterocycles. The molecule has 2 aromatic rings. The summed E-state index contributed by atoms with van der Waals surface area (Å²) in [6, 6.07) is 8.99. The zero-order valence-corrected chi connectivity index (χ0v) is 17.8. The van der Waals surface area contributed by atoms with Gasteiger partial charge >= 0.3 is 0 Å². The average Bonchev–Trinajstić information content (AvgIpc) is 3.41. The van der Waals surface area contributed by atoms with Crippen LogP contribution in [0.4, 0.5) is 11.4 Å². The van der Waals surface area contributed by atoms with Gasteiger partial charge in [-0.25, -0.2) is 0 Å². The summed E-state index contributed by atoms with van der Waals surface area (Å²) in [5, 5.41) is 2.66. The van der Waals surface area contributed by atoms with E-state index < -0.39 is 17.4 Å². The van der Waals surface area contributed by atoms with E-state index in [4.69, 9.17) is 0 Å². The minimum atomic E-state index is -0.573. The van der Waals surface area contributed by atoms with Crippen LogP contribution in [0.2, 0.25) is 0 Å². The average molecular weight is 422 g/mol. The van der Waals surface area contributed by atoms with Crippen molar-refractivity contribution in [2.24, 2.45) is 13.0 Å². The van der Waals surface area contributed by atoms with Crippen LogP contribution in [-0.4, -0.2) is 46.8 Å². The van der Waals surface area contributed by atoms with Crippen LogP contribution in [0.15, 0.2) is 41.3 Å². The third-order valence-electron chi connectivity index (χ3n) is 5.92. The van der Waals surface area contributed by atoms with Crippen LogP contribution in [0.5, 0.6) is 0 Å². The molecule has 1 aromatic carbocycles. The number of aromatic nitrogens is 1. The number of nitrogens with zero attached hydrogens (tertiary/aromatic N) is 3. The van der Waals surface area contributed by atoms with Crippen molar-refractivity contribution in [3.8, 4) is 0 Å². The zero-order chi connectivity index (χ0) is 22.1. The van der Waals surface area contributed by atoms with Crippen LogP contribution < -0.4 is 15.8 Å². The second kappa shape index (κ2) is 8.37. The minimum Gasteiger partial charge on any atom is -0.339 e. The number of benzene rings is 1. The highest BCUT2D eigenvalue weighted by Gasteiger charge is 2.35. The highest BCUT2D eigenvalue weighted by atomic mass is 16.2. The molecule has 1 aromatic heterocycles. The monoisotopic (exact) mass is 422 g/mol. The standard InChI is InChI=1S/C23H26N4O4/c1-15-5-7-18(8-6-15)27-14-16(12-20(27)28)21(29)24-19-11-17(13-25(2)23(19)31)22(30)26-9-3-4-10-26/h5-8,11,13,16H,3-4,9-10,12,14H2,1-2H3,(H,24,29)/t16-/m0/s1. The number of carbonyl (C=O) groups excluding carboxylic acids is 3. The predicted molar refractivity (Wildman–Crippen MR) is 117 cm³/mol. The fourth-order valence-electron chi connectivity index (χ4n) is 4.11. The summed E-state index contributed by atoms with van der Waals surface area (Å²) in [4.78, 5) is 53.9. The summed E-state index contributed by atoms with van der Waals surface area (Å²) in [6.45, 7) is 3.61. The number of aryl methyl sites for hydroxylation is 2. The molecule has 0 bridgehead atoms. The number of likely N-dealkylation sites (tertiary alicyclic amines) is 1. The van der Waals surface area contributed by atoms with Gasteiger partial charge in [0.15, 0.2) is 0 Å². The third-order valence-corrected chi connectivity index (χ3v) is 5.92. The lowest BCUT2D eigenvalue weighted by atomic mass is 10.1. The van der Waals surface area contributed by atoms with Gasteiger partial charge in [0.2, 0.25) is 11.8 Å². The number of pyridine rings is 1. The molecule has 2 fully saturated rings. The molecule has 1 N–H and O–H groups in total. The maximum Gasteiger partial charge on any atom is 0.274 e. The Bertz CT molecular complexity index is 1080. The molecule has 31 heavy (non-hydrogen) atoms. The summed E-state index contributed by atoms with van der Waals surface area (Å²) < 4.78 is 1.30. The van der Waals surface area contributed by atoms with Crippen LogP contribution in [0, 0.1) is 12.8 Å². The van der Waals surface area contributed by atoms with Crippen molar-refractivity contribution in [1.29, 1.82) is 0 Å². The molecule has 0 unspecified atom stereocenters. The van der Waals surface area contributed by atoms with E-state index >= 15 is 0 Å². The van der Waals surface area contributed by atoms with Crippen molar-refractivity contribution in [2.45, 2.75) is 26.2 Å². The Kier molecular flexibility index (Phi) is 5.63. The Morgan fingerprint density at radius 1 is 1.06 bits per heavy atom. The van der Waals surface area contributed by atoms with Crippen molar-refractivity contribution in [3.63, 3.8) is 0 Å². The van der Waals surface area contributed by atoms with Gasteiger partial charge in [-0.2, -0.15) is 0 Å². The number of carbonyl (C=O) groups is 3. The smallest absolute Gasteiger partial charge is 0.274 e. The number of nitrogens with one attached hydrogen (secondary N) is 1. The van der Waals surface area contributed by atoms with E-state index in [2.05, 4.69) is 5.32 Å². The molecule has 8 nitrogen and oxygen atoms in total. The summed E-state index contributed by atoms with van der Waals surface area (Å²) in [5.74, 6) is -1.25. The summed E-state index contributed by atoms with van der Waals surface area (Å²) in [5.41, 5.74) is 1.86. The molecular formula is C23H26N4O4. The van der Waals surface area contributed by atoms with Crippen molar-refractivity contribution in [1.82, 2.24) is 9.47 Å². The Morgan fingerprint density at radius 3 is 2.42 bits per heavy atom. The lowest BCUT2D eigenvalue weighted by Gasteiger charge is -2.18. The molecule has 3 heterocycles. The number of hydrogen-bond acceptors (Lipinski definition) is 4. The van der Waals surface area contributed by atoms with Gasteiger partial charge < -0.3 is 19.7 Å². The first-order chi connectivity index (χ1) is 14.8. The molecule has 0 aliphatic carbocycles. The Labute approximate surface area is 180 Å². The molecule has 0 radical (unpaired) electrons. The van der Waals surface area contributed by atoms with E-state index in [1.807, 2.05) is 31.2 Å². The van der Waals surface area contributed by atoms with E-state index in [9.17, 15) is 19.2 Å². The van der Waals surface area contributed by atoms with Crippen molar-refractivity contribution < 1.29 is 14.4 Å². The first-order valence-electron chi connectivity index (χ1n) is 10.5. The van der Waals surface area contributed by atoms with Gasteiger partial charge in [0.25, 0.3) is 11.5 Å². The Balaban J connectivity index is 1.50. The largest absolute Gasteiger partial charge is 0.339 e. The van der Waals surface area contributed by atoms with Crippen LogP contribution in [0.25, 0.3) is 0 Å². The Hall–Kier alpha value is -3.42. The van der Waals surface area contributed by atoms with Gasteiger partial charge in [-0.15, -0.1) is 0 Å². The molecule has 162 valence electrons. The molecule has 2 aliphatic rings. The lowest BCUT2D eigenvalue weighted by Crippen LogP contribution is -2.32. The summed E-state index contributed by atoms with van der Waals surface area (Å²) in [7, 11) is 1.55.